The fourth-order valence-corrected chi connectivity index (χ4v) is 2.61. The molecule has 0 spiro atoms. The molecule has 2 N–H and O–H groups in total. The van der Waals surface area contributed by atoms with Gasteiger partial charge in [-0.25, -0.2) is 4.39 Å². The van der Waals surface area contributed by atoms with Gasteiger partial charge in [-0.3, -0.25) is 4.90 Å². The van der Waals surface area contributed by atoms with Crippen molar-refractivity contribution in [3.05, 3.63) is 29.6 Å². The van der Waals surface area contributed by atoms with Crippen LogP contribution >= 0.6 is 0 Å². The lowest BCUT2D eigenvalue weighted by Gasteiger charge is -2.35. The number of morpholine rings is 1. The van der Waals surface area contributed by atoms with Crippen LogP contribution in [0, 0.1) is 5.82 Å². The van der Waals surface area contributed by atoms with Crippen molar-refractivity contribution >= 4 is 0 Å². The van der Waals surface area contributed by atoms with Gasteiger partial charge < -0.3 is 15.2 Å². The van der Waals surface area contributed by atoms with Gasteiger partial charge in [0.2, 0.25) is 0 Å². The van der Waals surface area contributed by atoms with Crippen LogP contribution in [0.1, 0.15) is 24.9 Å². The van der Waals surface area contributed by atoms with E-state index in [0.717, 1.165) is 26.1 Å². The molecular formula is C15H23FN2O2. The Kier molecular flexibility index (Phi) is 5.34. The van der Waals surface area contributed by atoms with E-state index in [-0.39, 0.29) is 11.9 Å². The Bertz CT molecular complexity index is 440. The summed E-state index contributed by atoms with van der Waals surface area (Å²) in [4.78, 5) is 2.31. The van der Waals surface area contributed by atoms with Crippen molar-refractivity contribution in [3.8, 4) is 5.75 Å². The van der Waals surface area contributed by atoms with E-state index in [0.29, 0.717) is 12.2 Å². The Morgan fingerprint density at radius 2 is 2.35 bits per heavy atom. The van der Waals surface area contributed by atoms with Gasteiger partial charge in [0.25, 0.3) is 0 Å². The summed E-state index contributed by atoms with van der Waals surface area (Å²) in [6.07, 6.45) is 0.909. The number of benzene rings is 1. The lowest BCUT2D eigenvalue weighted by molar-refractivity contribution is -0.0412. The number of nitrogens with two attached hydrogens (primary N) is 1. The first kappa shape index (κ1) is 15.2. The lowest BCUT2D eigenvalue weighted by atomic mass is 10.00. The average Bonchev–Trinajstić information content (AvgIpc) is 2.47. The van der Waals surface area contributed by atoms with Crippen LogP contribution in [0.25, 0.3) is 0 Å². The van der Waals surface area contributed by atoms with Crippen LogP contribution in [0.15, 0.2) is 18.2 Å². The monoisotopic (exact) mass is 282 g/mol. The quantitative estimate of drug-likeness (QED) is 0.896. The predicted octanol–water partition coefficient (Wildman–Crippen LogP) is 1.94. The van der Waals surface area contributed by atoms with Crippen molar-refractivity contribution in [2.75, 3.05) is 33.4 Å². The third kappa shape index (κ3) is 3.29. The number of nitrogens with zero attached hydrogens (tertiary/aromatic N) is 1. The van der Waals surface area contributed by atoms with Crippen LogP contribution in [0.5, 0.6) is 5.75 Å². The summed E-state index contributed by atoms with van der Waals surface area (Å²) in [5.74, 6) is -0.169. The first-order chi connectivity index (χ1) is 9.67. The smallest absolute Gasteiger partial charge is 0.169 e. The van der Waals surface area contributed by atoms with Crippen molar-refractivity contribution in [2.24, 2.45) is 5.73 Å². The molecule has 2 rings (SSSR count). The number of hydrogen-bond donors (Lipinski definition) is 1. The minimum absolute atomic E-state index is 0.183. The highest BCUT2D eigenvalue weighted by Crippen LogP contribution is 2.27. The minimum Gasteiger partial charge on any atom is -0.494 e. The maximum absolute atomic E-state index is 14.2. The highest BCUT2D eigenvalue weighted by molar-refractivity contribution is 5.33. The predicted molar refractivity (Wildman–Crippen MR) is 76.4 cm³/mol. The van der Waals surface area contributed by atoms with Gasteiger partial charge >= 0.3 is 0 Å². The molecule has 0 bridgehead atoms. The van der Waals surface area contributed by atoms with Gasteiger partial charge in [-0.05, 0) is 19.0 Å². The standard InChI is InChI=1S/C15H23FN2O2/c1-3-7-18-8-9-20-13(10-18)15(17)11-5-4-6-12(19-2)14(11)16/h4-6,13,15H,3,7-10,17H2,1-2H3. The molecular weight excluding hydrogens is 259 g/mol. The Balaban J connectivity index is 2.12. The molecule has 5 heteroatoms. The van der Waals surface area contributed by atoms with Gasteiger partial charge in [-0.15, -0.1) is 0 Å². The molecule has 0 radical (unpaired) electrons. The molecule has 4 nitrogen and oxygen atoms in total. The lowest BCUT2D eigenvalue weighted by Crippen LogP contribution is -2.47. The summed E-state index contributed by atoms with van der Waals surface area (Å²) in [6.45, 7) is 5.46. The fraction of sp³-hybridized carbons (Fsp3) is 0.600. The Labute approximate surface area is 119 Å². The molecule has 1 heterocycles. The molecule has 0 saturated carbocycles. The van der Waals surface area contributed by atoms with Gasteiger partial charge in [0.05, 0.1) is 25.9 Å². The molecule has 2 atom stereocenters. The molecule has 20 heavy (non-hydrogen) atoms. The van der Waals surface area contributed by atoms with Crippen molar-refractivity contribution < 1.29 is 13.9 Å². The van der Waals surface area contributed by atoms with Gasteiger partial charge in [-0.1, -0.05) is 19.1 Å². The first-order valence-corrected chi connectivity index (χ1v) is 7.09. The van der Waals surface area contributed by atoms with Crippen molar-refractivity contribution in [2.45, 2.75) is 25.5 Å². The third-order valence-electron chi connectivity index (χ3n) is 3.69. The zero-order valence-electron chi connectivity index (χ0n) is 12.1. The molecule has 112 valence electrons. The van der Waals surface area contributed by atoms with E-state index < -0.39 is 11.9 Å². The summed E-state index contributed by atoms with van der Waals surface area (Å²) in [5.41, 5.74) is 6.66. The van der Waals surface area contributed by atoms with Gasteiger partial charge in [0.15, 0.2) is 11.6 Å². The number of halogens is 1. The number of hydrogen-bond acceptors (Lipinski definition) is 4. The average molecular weight is 282 g/mol. The Morgan fingerprint density at radius 1 is 1.55 bits per heavy atom. The number of ether oxygens (including phenoxy) is 2. The second-order valence-electron chi connectivity index (χ2n) is 5.10. The van der Waals surface area contributed by atoms with Gasteiger partial charge in [0, 0.05) is 18.7 Å². The Morgan fingerprint density at radius 3 is 3.05 bits per heavy atom. The van der Waals surface area contributed by atoms with Crippen LogP contribution in [0.2, 0.25) is 0 Å². The molecule has 1 aromatic rings. The van der Waals surface area contributed by atoms with E-state index >= 15 is 0 Å². The SMILES string of the molecule is CCCN1CCOC(C(N)c2cccc(OC)c2F)C1. The second kappa shape index (κ2) is 7.02. The van der Waals surface area contributed by atoms with Crippen molar-refractivity contribution in [1.82, 2.24) is 4.90 Å². The van der Waals surface area contributed by atoms with Crippen LogP contribution in [-0.4, -0.2) is 44.4 Å². The molecule has 1 aliphatic heterocycles. The van der Waals surface area contributed by atoms with E-state index in [2.05, 4.69) is 11.8 Å². The van der Waals surface area contributed by atoms with E-state index in [1.54, 1.807) is 18.2 Å². The van der Waals surface area contributed by atoms with Crippen LogP contribution < -0.4 is 10.5 Å². The van der Waals surface area contributed by atoms with E-state index in [4.69, 9.17) is 15.2 Å². The summed E-state index contributed by atoms with van der Waals surface area (Å²) >= 11 is 0. The normalized spacial score (nSPS) is 21.7. The number of rotatable bonds is 5. The molecule has 0 amide bonds. The van der Waals surface area contributed by atoms with Crippen molar-refractivity contribution in [3.63, 3.8) is 0 Å². The maximum atomic E-state index is 14.2. The van der Waals surface area contributed by atoms with Crippen LogP contribution in [-0.2, 0) is 4.74 Å². The third-order valence-corrected chi connectivity index (χ3v) is 3.69. The Hall–Kier alpha value is -1.17. The fourth-order valence-electron chi connectivity index (χ4n) is 2.61. The van der Waals surface area contributed by atoms with Crippen LogP contribution in [0.4, 0.5) is 4.39 Å². The number of methoxy groups -OCH3 is 1. The molecule has 1 saturated heterocycles. The zero-order valence-corrected chi connectivity index (χ0v) is 12.1. The molecule has 2 unspecified atom stereocenters. The molecule has 0 aromatic heterocycles. The molecule has 1 aliphatic rings. The maximum Gasteiger partial charge on any atom is 0.169 e. The van der Waals surface area contributed by atoms with Crippen LogP contribution in [0.3, 0.4) is 0 Å². The highest BCUT2D eigenvalue weighted by atomic mass is 19.1. The molecule has 0 aliphatic carbocycles. The summed E-state index contributed by atoms with van der Waals surface area (Å²) in [5, 5.41) is 0. The zero-order chi connectivity index (χ0) is 14.5. The largest absolute Gasteiger partial charge is 0.494 e. The summed E-state index contributed by atoms with van der Waals surface area (Å²) in [7, 11) is 1.45. The molecule has 1 aromatic carbocycles. The topological polar surface area (TPSA) is 47.7 Å². The minimum atomic E-state index is -0.482. The first-order valence-electron chi connectivity index (χ1n) is 7.09. The van der Waals surface area contributed by atoms with Gasteiger partial charge in [0.1, 0.15) is 0 Å². The van der Waals surface area contributed by atoms with Crippen molar-refractivity contribution in [1.29, 1.82) is 0 Å². The van der Waals surface area contributed by atoms with E-state index in [9.17, 15) is 4.39 Å². The van der Waals surface area contributed by atoms with E-state index in [1.165, 1.54) is 7.11 Å². The second-order valence-corrected chi connectivity index (χ2v) is 5.10. The summed E-state index contributed by atoms with van der Waals surface area (Å²) in [6, 6.07) is 4.56. The highest BCUT2D eigenvalue weighted by Gasteiger charge is 2.28. The molecule has 1 fully saturated rings. The van der Waals surface area contributed by atoms with Gasteiger partial charge in [-0.2, -0.15) is 0 Å². The summed E-state index contributed by atoms with van der Waals surface area (Å²) < 4.78 is 25.0. The van der Waals surface area contributed by atoms with E-state index in [1.807, 2.05) is 0 Å².